The van der Waals surface area contributed by atoms with E-state index in [0.717, 1.165) is 29.7 Å². The van der Waals surface area contributed by atoms with E-state index < -0.39 is 5.60 Å². The highest BCUT2D eigenvalue weighted by molar-refractivity contribution is 5.92. The summed E-state index contributed by atoms with van der Waals surface area (Å²) >= 11 is 0. The van der Waals surface area contributed by atoms with Crippen molar-refractivity contribution in [3.05, 3.63) is 53.9 Å². The van der Waals surface area contributed by atoms with Gasteiger partial charge < -0.3 is 15.4 Å². The van der Waals surface area contributed by atoms with Gasteiger partial charge in [-0.1, -0.05) is 0 Å². The minimum absolute atomic E-state index is 0.140. The predicted molar refractivity (Wildman–Crippen MR) is 113 cm³/mol. The monoisotopic (exact) mass is 396 g/mol. The van der Waals surface area contributed by atoms with Crippen molar-refractivity contribution < 1.29 is 14.3 Å². The maximum absolute atomic E-state index is 12.5. The summed E-state index contributed by atoms with van der Waals surface area (Å²) in [6, 6.07) is 8.90. The molecular formula is C22H28N4O3. The van der Waals surface area contributed by atoms with E-state index in [1.165, 1.54) is 0 Å². The van der Waals surface area contributed by atoms with Crippen molar-refractivity contribution in [1.82, 2.24) is 10.3 Å². The van der Waals surface area contributed by atoms with Crippen molar-refractivity contribution in [2.45, 2.75) is 52.2 Å². The fourth-order valence-electron chi connectivity index (χ4n) is 3.28. The zero-order chi connectivity index (χ0) is 21.0. The second-order valence-corrected chi connectivity index (χ2v) is 8.18. The highest BCUT2D eigenvalue weighted by Gasteiger charge is 2.27. The van der Waals surface area contributed by atoms with Crippen LogP contribution in [-0.2, 0) is 11.2 Å². The van der Waals surface area contributed by atoms with Gasteiger partial charge in [0.25, 0.3) is 0 Å². The molecule has 7 nitrogen and oxygen atoms in total. The highest BCUT2D eigenvalue weighted by atomic mass is 16.6. The van der Waals surface area contributed by atoms with Crippen LogP contribution in [0.3, 0.4) is 0 Å². The van der Waals surface area contributed by atoms with Crippen molar-refractivity contribution in [1.29, 1.82) is 0 Å². The Labute approximate surface area is 171 Å². The van der Waals surface area contributed by atoms with Crippen LogP contribution in [0.2, 0.25) is 0 Å². The standard InChI is InChI=1S/C22H28N4O3/c1-15(16-9-11-23-12-10-16)24-20(27)25-18-7-8-19-17(14-18)6-5-13-26(19)21(28)29-22(2,3)4/h7-12,14-15H,5-6,13H2,1-4H3,(H2,24,25,27). The Bertz CT molecular complexity index is 877. The van der Waals surface area contributed by atoms with Crippen LogP contribution < -0.4 is 15.5 Å². The number of pyridine rings is 1. The van der Waals surface area contributed by atoms with Gasteiger partial charge in [-0.15, -0.1) is 0 Å². The number of hydrogen-bond donors (Lipinski definition) is 2. The Morgan fingerprint density at radius 2 is 1.90 bits per heavy atom. The first-order chi connectivity index (χ1) is 13.7. The van der Waals surface area contributed by atoms with E-state index in [0.29, 0.717) is 12.2 Å². The zero-order valence-corrected chi connectivity index (χ0v) is 17.4. The first-order valence-corrected chi connectivity index (χ1v) is 9.84. The summed E-state index contributed by atoms with van der Waals surface area (Å²) in [6.07, 6.45) is 4.75. The number of ether oxygens (including phenoxy) is 1. The smallest absolute Gasteiger partial charge is 0.414 e. The van der Waals surface area contributed by atoms with Crippen LogP contribution in [0.1, 0.15) is 51.3 Å². The molecule has 0 saturated carbocycles. The van der Waals surface area contributed by atoms with Gasteiger partial charge in [0.2, 0.25) is 0 Å². The molecule has 2 N–H and O–H groups in total. The predicted octanol–water partition coefficient (Wildman–Crippen LogP) is 4.65. The molecule has 1 aromatic heterocycles. The average molecular weight is 396 g/mol. The van der Waals surface area contributed by atoms with E-state index in [1.54, 1.807) is 23.4 Å². The van der Waals surface area contributed by atoms with Crippen LogP contribution in [0.25, 0.3) is 0 Å². The maximum atomic E-state index is 12.5. The molecule has 0 radical (unpaired) electrons. The van der Waals surface area contributed by atoms with E-state index in [2.05, 4.69) is 15.6 Å². The van der Waals surface area contributed by atoms with Gasteiger partial charge in [0.15, 0.2) is 0 Å². The van der Waals surface area contributed by atoms with Gasteiger partial charge in [-0.2, -0.15) is 0 Å². The molecule has 7 heteroatoms. The van der Waals surface area contributed by atoms with Gasteiger partial charge >= 0.3 is 12.1 Å². The van der Waals surface area contributed by atoms with Gasteiger partial charge in [0.05, 0.1) is 11.7 Å². The number of aromatic nitrogens is 1. The number of benzene rings is 1. The van der Waals surface area contributed by atoms with E-state index in [-0.39, 0.29) is 18.2 Å². The Balaban J connectivity index is 1.67. The number of anilines is 2. The van der Waals surface area contributed by atoms with Gasteiger partial charge in [-0.05, 0) is 82.0 Å². The number of urea groups is 1. The molecule has 1 aromatic carbocycles. The third-order valence-corrected chi connectivity index (χ3v) is 4.62. The molecule has 1 unspecified atom stereocenters. The summed E-state index contributed by atoms with van der Waals surface area (Å²) in [5.74, 6) is 0. The number of hydrogen-bond acceptors (Lipinski definition) is 4. The molecule has 1 atom stereocenters. The molecule has 0 aliphatic carbocycles. The summed E-state index contributed by atoms with van der Waals surface area (Å²) in [7, 11) is 0. The van der Waals surface area contributed by atoms with Crippen molar-refractivity contribution in [3.63, 3.8) is 0 Å². The average Bonchev–Trinajstić information content (AvgIpc) is 2.66. The molecule has 0 bridgehead atoms. The number of fused-ring (bicyclic) bond motifs is 1. The Kier molecular flexibility index (Phi) is 6.06. The van der Waals surface area contributed by atoms with Crippen molar-refractivity contribution in [2.24, 2.45) is 0 Å². The lowest BCUT2D eigenvalue weighted by atomic mass is 10.0. The molecule has 2 heterocycles. The quantitative estimate of drug-likeness (QED) is 0.791. The molecule has 3 rings (SSSR count). The highest BCUT2D eigenvalue weighted by Crippen LogP contribution is 2.31. The third kappa shape index (κ3) is 5.47. The molecular weight excluding hydrogens is 368 g/mol. The van der Waals surface area contributed by atoms with Gasteiger partial charge in [0, 0.05) is 24.6 Å². The van der Waals surface area contributed by atoms with Crippen molar-refractivity contribution in [3.8, 4) is 0 Å². The first kappa shape index (κ1) is 20.6. The summed E-state index contributed by atoms with van der Waals surface area (Å²) < 4.78 is 5.52. The van der Waals surface area contributed by atoms with Crippen LogP contribution >= 0.6 is 0 Å². The molecule has 2 aromatic rings. The minimum Gasteiger partial charge on any atom is -0.443 e. The largest absolute Gasteiger partial charge is 0.443 e. The lowest BCUT2D eigenvalue weighted by Crippen LogP contribution is -2.39. The molecule has 0 saturated heterocycles. The van der Waals surface area contributed by atoms with Gasteiger partial charge in [-0.3, -0.25) is 9.88 Å². The minimum atomic E-state index is -0.542. The van der Waals surface area contributed by atoms with Crippen LogP contribution in [0.15, 0.2) is 42.7 Å². The lowest BCUT2D eigenvalue weighted by Gasteiger charge is -2.32. The zero-order valence-electron chi connectivity index (χ0n) is 17.4. The molecule has 1 aliphatic heterocycles. The van der Waals surface area contributed by atoms with Crippen LogP contribution in [-0.4, -0.2) is 29.3 Å². The fraction of sp³-hybridized carbons (Fsp3) is 0.409. The van der Waals surface area contributed by atoms with Crippen molar-refractivity contribution in [2.75, 3.05) is 16.8 Å². The maximum Gasteiger partial charge on any atom is 0.414 e. The number of nitrogens with one attached hydrogen (secondary N) is 2. The van der Waals surface area contributed by atoms with Gasteiger partial charge in [-0.25, -0.2) is 9.59 Å². The number of carbonyl (C=O) groups excluding carboxylic acids is 2. The number of nitrogens with zero attached hydrogens (tertiary/aromatic N) is 2. The molecule has 3 amide bonds. The number of rotatable bonds is 3. The fourth-order valence-corrected chi connectivity index (χ4v) is 3.28. The van der Waals surface area contributed by atoms with Crippen LogP contribution in [0.4, 0.5) is 21.0 Å². The summed E-state index contributed by atoms with van der Waals surface area (Å²) in [6.45, 7) is 8.11. The summed E-state index contributed by atoms with van der Waals surface area (Å²) in [5.41, 5.74) is 2.98. The second kappa shape index (κ2) is 8.51. The normalized spacial score (nSPS) is 14.6. The number of carbonyl (C=O) groups is 2. The molecule has 0 spiro atoms. The molecule has 1 aliphatic rings. The molecule has 29 heavy (non-hydrogen) atoms. The van der Waals surface area contributed by atoms with Crippen LogP contribution in [0.5, 0.6) is 0 Å². The van der Waals surface area contributed by atoms with Gasteiger partial charge in [0.1, 0.15) is 5.60 Å². The lowest BCUT2D eigenvalue weighted by molar-refractivity contribution is 0.0578. The molecule has 0 fully saturated rings. The topological polar surface area (TPSA) is 83.6 Å². The van der Waals surface area contributed by atoms with E-state index in [9.17, 15) is 9.59 Å². The third-order valence-electron chi connectivity index (χ3n) is 4.62. The Morgan fingerprint density at radius 3 is 2.59 bits per heavy atom. The Hall–Kier alpha value is -3.09. The van der Waals surface area contributed by atoms with Crippen LogP contribution in [0, 0.1) is 0 Å². The SMILES string of the molecule is CC(NC(=O)Nc1ccc2c(c1)CCCN2C(=O)OC(C)(C)C)c1ccncc1. The summed E-state index contributed by atoms with van der Waals surface area (Å²) in [5, 5.41) is 5.79. The van der Waals surface area contributed by atoms with Crippen molar-refractivity contribution >= 4 is 23.5 Å². The summed E-state index contributed by atoms with van der Waals surface area (Å²) in [4.78, 5) is 30.5. The van der Waals surface area contributed by atoms with E-state index >= 15 is 0 Å². The van der Waals surface area contributed by atoms with E-state index in [4.69, 9.17) is 4.74 Å². The molecule has 154 valence electrons. The first-order valence-electron chi connectivity index (χ1n) is 9.84. The van der Waals surface area contributed by atoms with E-state index in [1.807, 2.05) is 52.0 Å². The Morgan fingerprint density at radius 1 is 1.17 bits per heavy atom. The number of aryl methyl sites for hydroxylation is 1. The second-order valence-electron chi connectivity index (χ2n) is 8.18. The number of amides is 3.